The summed E-state index contributed by atoms with van der Waals surface area (Å²) in [6, 6.07) is 0. The van der Waals surface area contributed by atoms with Gasteiger partial charge in [-0.1, -0.05) is 0 Å². The summed E-state index contributed by atoms with van der Waals surface area (Å²) in [4.78, 5) is 60.1. The molecule has 0 aromatic heterocycles. The summed E-state index contributed by atoms with van der Waals surface area (Å²) in [6.45, 7) is 0. The zero-order valence-corrected chi connectivity index (χ0v) is 14.7. The summed E-state index contributed by atoms with van der Waals surface area (Å²) in [5, 5.41) is 0. The minimum atomic E-state index is -4.89. The van der Waals surface area contributed by atoms with Gasteiger partial charge in [0.25, 0.3) is 15.6 Å². The molecule has 0 rings (SSSR count). The molecule has 0 unspecified atom stereocenters. The fourth-order valence-electron chi connectivity index (χ4n) is 0. The maximum absolute atomic E-state index is 8.77. The van der Waals surface area contributed by atoms with E-state index in [4.69, 9.17) is 52.8 Å². The molecule has 0 spiro atoms. The average Bonchev–Trinajstić information content (AvgIpc) is 1.45. The van der Waals surface area contributed by atoms with Gasteiger partial charge in [0.1, 0.15) is 0 Å². The van der Waals surface area contributed by atoms with Crippen LogP contribution in [0.5, 0.6) is 0 Å². The van der Waals surface area contributed by atoms with Crippen LogP contribution in [0.1, 0.15) is 0 Å². The first-order chi connectivity index (χ1) is 5.73. The maximum atomic E-state index is 8.77. The van der Waals surface area contributed by atoms with Gasteiger partial charge in [0.15, 0.2) is 0 Å². The Bertz CT molecular complexity index is 195. The second-order valence-corrected chi connectivity index (χ2v) is 3.70. The van der Waals surface area contributed by atoms with Gasteiger partial charge in [-0.05, 0) is 0 Å². The molecule has 0 saturated heterocycles. The molecule has 11 nitrogen and oxygen atoms in total. The van der Waals surface area contributed by atoms with Crippen LogP contribution in [-0.2, 0) is 13.7 Å². The molecule has 16 heteroatoms. The molecule has 0 amide bonds. The van der Waals surface area contributed by atoms with Crippen molar-refractivity contribution < 1.29 is 112 Å². The molecule has 0 aromatic carbocycles. The van der Waals surface area contributed by atoms with Crippen LogP contribution in [0.3, 0.4) is 0 Å². The Morgan fingerprint density at radius 3 is 0.812 bits per heavy atom. The van der Waals surface area contributed by atoms with Gasteiger partial charge in [0.05, 0.1) is 0 Å². The van der Waals surface area contributed by atoms with E-state index in [1.165, 1.54) is 0 Å². The van der Waals surface area contributed by atoms with Crippen LogP contribution in [0.2, 0.25) is 0 Å². The van der Waals surface area contributed by atoms with Gasteiger partial charge in [-0.25, -0.2) is 0 Å². The molecule has 0 fully saturated rings. The Morgan fingerprint density at radius 2 is 0.812 bits per heavy atom. The summed E-state index contributed by atoms with van der Waals surface area (Å²) in [7, 11) is -12.6. The topological polar surface area (TPSA) is 219 Å². The number of hydrogen-bond acceptors (Lipinski definition) is 5. The summed E-state index contributed by atoms with van der Waals surface area (Å²) < 4.78 is 26.2. The van der Waals surface area contributed by atoms with Crippen LogP contribution in [0.4, 0.5) is 0 Å². The first-order valence-electron chi connectivity index (χ1n) is 2.11. The molecule has 0 atom stereocenters. The van der Waals surface area contributed by atoms with E-state index in [-0.39, 0.29) is 59.1 Å². The van der Waals surface area contributed by atoms with Gasteiger partial charge in [0, 0.05) is 4.57 Å². The maximum Gasteiger partial charge on any atom is 1.00 e. The van der Waals surface area contributed by atoms with Crippen molar-refractivity contribution >= 4 is 23.9 Å². The van der Waals surface area contributed by atoms with Crippen LogP contribution in [0.25, 0.3) is 0 Å². The Kier molecular flexibility index (Phi) is 29.6. The Balaban J connectivity index is -0.0000000358. The molecule has 0 heterocycles. The van der Waals surface area contributed by atoms with Crippen LogP contribution in [0.15, 0.2) is 0 Å². The minimum absolute atomic E-state index is 0. The molecular formula is H6Na2O11P3+. The second-order valence-electron chi connectivity index (χ2n) is 1.23. The average molecular weight is 321 g/mol. The monoisotopic (exact) mass is 321 g/mol. The van der Waals surface area contributed by atoms with Crippen molar-refractivity contribution in [1.29, 1.82) is 0 Å². The Morgan fingerprint density at radius 1 is 0.812 bits per heavy atom. The SMILES string of the molecule is O=P([O-])(O)O.O=P([O-])(O)O.O=[P+](O)O.[Na+].[Na+]. The van der Waals surface area contributed by atoms with Gasteiger partial charge in [-0.15, -0.1) is 9.79 Å². The molecule has 88 valence electrons. The fourth-order valence-corrected chi connectivity index (χ4v) is 0. The Hall–Kier alpha value is 2.24. The van der Waals surface area contributed by atoms with Gasteiger partial charge in [-0.3, -0.25) is 9.13 Å². The van der Waals surface area contributed by atoms with Crippen molar-refractivity contribution in [3.8, 4) is 0 Å². The molecule has 0 aliphatic rings. The van der Waals surface area contributed by atoms with Gasteiger partial charge in [-0.2, -0.15) is 0 Å². The summed E-state index contributed by atoms with van der Waals surface area (Å²) >= 11 is 0. The van der Waals surface area contributed by atoms with Crippen molar-refractivity contribution in [1.82, 2.24) is 0 Å². The van der Waals surface area contributed by atoms with Crippen molar-refractivity contribution in [2.45, 2.75) is 0 Å². The van der Waals surface area contributed by atoms with E-state index < -0.39 is 23.9 Å². The second kappa shape index (κ2) is 15.3. The standard InChI is InChI=1S/2Na.2H3O4P.HO3P/c;;2*1-5(2,3)4;1-4(2)3/h;;2*(H3,1,2,3,4);(H-,1,2,3)/q2*+1;;;/p-1. The third-order valence-corrected chi connectivity index (χ3v) is 0. The predicted octanol–water partition coefficient (Wildman–Crippen LogP) is -9.48. The minimum Gasteiger partial charge on any atom is -0.756 e. The van der Waals surface area contributed by atoms with Gasteiger partial charge in [0.2, 0.25) is 0 Å². The third-order valence-electron chi connectivity index (χ3n) is 0. The number of hydrogen-bond donors (Lipinski definition) is 6. The number of rotatable bonds is 0. The molecule has 0 aliphatic heterocycles. The molecule has 0 bridgehead atoms. The molecular weight excluding hydrogens is 315 g/mol. The summed E-state index contributed by atoms with van der Waals surface area (Å²) in [5.41, 5.74) is 0. The zero-order chi connectivity index (χ0) is 12.6. The fraction of sp³-hybridized carbons (Fsp3) is 0. The molecule has 0 aliphatic carbocycles. The van der Waals surface area contributed by atoms with E-state index in [0.717, 1.165) is 0 Å². The van der Waals surface area contributed by atoms with Gasteiger partial charge < -0.3 is 29.4 Å². The summed E-state index contributed by atoms with van der Waals surface area (Å²) in [5.74, 6) is 0. The summed E-state index contributed by atoms with van der Waals surface area (Å²) in [6.07, 6.45) is 0. The van der Waals surface area contributed by atoms with Crippen LogP contribution in [-0.4, -0.2) is 29.4 Å². The van der Waals surface area contributed by atoms with Crippen molar-refractivity contribution in [3.63, 3.8) is 0 Å². The third kappa shape index (κ3) is 752. The quantitative estimate of drug-likeness (QED) is 0.182. The smallest absolute Gasteiger partial charge is 0.756 e. The first kappa shape index (κ1) is 30.9. The van der Waals surface area contributed by atoms with E-state index in [0.29, 0.717) is 0 Å². The molecule has 16 heavy (non-hydrogen) atoms. The van der Waals surface area contributed by atoms with E-state index in [9.17, 15) is 0 Å². The largest absolute Gasteiger partial charge is 1.00 e. The van der Waals surface area contributed by atoms with Crippen LogP contribution >= 0.6 is 23.9 Å². The number of phosphoric acid groups is 2. The van der Waals surface area contributed by atoms with E-state index in [1.54, 1.807) is 0 Å². The van der Waals surface area contributed by atoms with E-state index >= 15 is 0 Å². The van der Waals surface area contributed by atoms with Gasteiger partial charge >= 0.3 is 67.4 Å². The van der Waals surface area contributed by atoms with E-state index in [1.807, 2.05) is 0 Å². The van der Waals surface area contributed by atoms with E-state index in [2.05, 4.69) is 0 Å². The molecule has 6 N–H and O–H groups in total. The van der Waals surface area contributed by atoms with Crippen molar-refractivity contribution in [3.05, 3.63) is 0 Å². The zero-order valence-electron chi connectivity index (χ0n) is 8.07. The van der Waals surface area contributed by atoms with Crippen LogP contribution < -0.4 is 68.9 Å². The molecule has 0 saturated carbocycles. The Labute approximate surface area is 135 Å². The van der Waals surface area contributed by atoms with Crippen LogP contribution in [0, 0.1) is 0 Å². The predicted molar refractivity (Wildman–Crippen MR) is 36.1 cm³/mol. The van der Waals surface area contributed by atoms with Crippen molar-refractivity contribution in [2.75, 3.05) is 0 Å². The normalized spacial score (nSPS) is 9.00. The first-order valence-corrected chi connectivity index (χ1v) is 6.34. The molecule has 0 radical (unpaired) electrons. The molecule has 0 aromatic rings. The van der Waals surface area contributed by atoms with Crippen molar-refractivity contribution in [2.24, 2.45) is 0 Å².